The minimum absolute atomic E-state index is 0.123. The van der Waals surface area contributed by atoms with Crippen molar-refractivity contribution in [3.63, 3.8) is 0 Å². The average molecular weight is 465 g/mol. The first-order valence-electron chi connectivity index (χ1n) is 11.2. The molecule has 4 rings (SSSR count). The molecule has 0 spiro atoms. The molecule has 0 radical (unpaired) electrons. The second-order valence-electron chi connectivity index (χ2n) is 8.93. The molecule has 1 fully saturated rings. The van der Waals surface area contributed by atoms with Crippen LogP contribution in [0.2, 0.25) is 0 Å². The number of aliphatic carboxylic acids is 1. The summed E-state index contributed by atoms with van der Waals surface area (Å²) in [6.45, 7) is 3.10. The highest BCUT2D eigenvalue weighted by molar-refractivity contribution is 5.99. The maximum atomic E-state index is 13.5. The molecule has 0 amide bonds. The Morgan fingerprint density at radius 3 is 2.38 bits per heavy atom. The number of nitrogens with zero attached hydrogens (tertiary/aromatic N) is 5. The van der Waals surface area contributed by atoms with Gasteiger partial charge < -0.3 is 15.3 Å². The van der Waals surface area contributed by atoms with Crippen molar-refractivity contribution >= 4 is 40.2 Å². The van der Waals surface area contributed by atoms with Crippen molar-refractivity contribution in [2.75, 3.05) is 24.3 Å². The molecule has 34 heavy (non-hydrogen) atoms. The van der Waals surface area contributed by atoms with Gasteiger partial charge in [-0.2, -0.15) is 4.98 Å². The number of aryl methyl sites for hydroxylation is 1. The van der Waals surface area contributed by atoms with Crippen LogP contribution in [0.4, 0.5) is 17.5 Å². The number of carbonyl (C=O) groups excluding carboxylic acids is 1. The number of carboxylic acid groups (broad SMARTS) is 1. The number of rotatable bonds is 6. The van der Waals surface area contributed by atoms with E-state index in [2.05, 4.69) is 20.3 Å². The minimum Gasteiger partial charge on any atom is -0.481 e. The Morgan fingerprint density at radius 2 is 1.82 bits per heavy atom. The molecule has 1 aliphatic carbocycles. The Balaban J connectivity index is 1.79. The fraction of sp³-hybridized carbons (Fsp3) is 0.417. The maximum Gasteiger partial charge on any atom is 0.306 e. The normalized spacial score (nSPS) is 18.0. The molecule has 10 heteroatoms. The van der Waals surface area contributed by atoms with Gasteiger partial charge in [0.25, 0.3) is 5.56 Å². The summed E-state index contributed by atoms with van der Waals surface area (Å²) in [4.78, 5) is 52.5. The standard InChI is InChI=1S/C24H28N6O4/c1-13-18-12-26-24(27-19-10-9-17(11-25-19)29(3)4)28-21(18)30(22(32)20(13)14(2)31)16-7-5-15(6-8-16)23(33)34/h9-12,15-16H,5-8H2,1-4H3,(H,33,34)(H,25,26,27,28). The lowest BCUT2D eigenvalue weighted by atomic mass is 9.85. The number of aromatic nitrogens is 4. The molecule has 0 saturated heterocycles. The zero-order valence-corrected chi connectivity index (χ0v) is 19.7. The summed E-state index contributed by atoms with van der Waals surface area (Å²) in [6.07, 6.45) is 5.31. The molecule has 3 aromatic heterocycles. The van der Waals surface area contributed by atoms with Gasteiger partial charge in [0, 0.05) is 31.7 Å². The largest absolute Gasteiger partial charge is 0.481 e. The Hall–Kier alpha value is -3.82. The van der Waals surface area contributed by atoms with E-state index in [1.807, 2.05) is 31.1 Å². The summed E-state index contributed by atoms with van der Waals surface area (Å²) in [5, 5.41) is 13.0. The van der Waals surface area contributed by atoms with Crippen LogP contribution in [0, 0.1) is 12.8 Å². The third kappa shape index (κ3) is 4.35. The number of Topliss-reactive ketones (excluding diaryl/α,β-unsaturated/α-hetero) is 1. The van der Waals surface area contributed by atoms with E-state index in [9.17, 15) is 19.5 Å². The van der Waals surface area contributed by atoms with E-state index in [-0.39, 0.29) is 23.3 Å². The van der Waals surface area contributed by atoms with Crippen LogP contribution in [-0.2, 0) is 4.79 Å². The fourth-order valence-corrected chi connectivity index (χ4v) is 4.57. The number of ketones is 1. The number of hydrogen-bond donors (Lipinski definition) is 2. The zero-order valence-electron chi connectivity index (χ0n) is 19.7. The SMILES string of the molecule is CC(=O)c1c(C)c2cnc(Nc3ccc(N(C)C)cn3)nc2n(C2CCC(C(=O)O)CC2)c1=O. The number of hydrogen-bond acceptors (Lipinski definition) is 8. The van der Waals surface area contributed by atoms with Crippen LogP contribution in [0.1, 0.15) is 54.6 Å². The third-order valence-electron chi connectivity index (χ3n) is 6.48. The van der Waals surface area contributed by atoms with E-state index < -0.39 is 17.4 Å². The molecule has 3 heterocycles. The number of carbonyl (C=O) groups is 2. The molecule has 0 aliphatic heterocycles. The van der Waals surface area contributed by atoms with E-state index in [1.165, 1.54) is 6.92 Å². The van der Waals surface area contributed by atoms with Gasteiger partial charge in [0.05, 0.1) is 23.4 Å². The van der Waals surface area contributed by atoms with Crippen molar-refractivity contribution in [1.29, 1.82) is 0 Å². The van der Waals surface area contributed by atoms with Gasteiger partial charge in [-0.05, 0) is 57.2 Å². The molecule has 10 nitrogen and oxygen atoms in total. The lowest BCUT2D eigenvalue weighted by Crippen LogP contribution is -2.34. The summed E-state index contributed by atoms with van der Waals surface area (Å²) in [6, 6.07) is 3.48. The van der Waals surface area contributed by atoms with Crippen LogP contribution in [-0.4, -0.2) is 50.5 Å². The second-order valence-corrected chi connectivity index (χ2v) is 8.93. The first-order chi connectivity index (χ1) is 16.2. The molecule has 1 aliphatic rings. The van der Waals surface area contributed by atoms with Gasteiger partial charge in [-0.1, -0.05) is 0 Å². The summed E-state index contributed by atoms with van der Waals surface area (Å²) in [5.74, 6) is -0.716. The molecule has 178 valence electrons. The van der Waals surface area contributed by atoms with Crippen LogP contribution in [0.25, 0.3) is 11.0 Å². The predicted molar refractivity (Wildman–Crippen MR) is 129 cm³/mol. The Morgan fingerprint density at radius 1 is 1.12 bits per heavy atom. The van der Waals surface area contributed by atoms with Crippen molar-refractivity contribution in [3.05, 3.63) is 46.0 Å². The summed E-state index contributed by atoms with van der Waals surface area (Å²) in [7, 11) is 3.86. The van der Waals surface area contributed by atoms with Gasteiger partial charge >= 0.3 is 5.97 Å². The van der Waals surface area contributed by atoms with E-state index in [0.717, 1.165) is 5.69 Å². The van der Waals surface area contributed by atoms with Crippen LogP contribution in [0.3, 0.4) is 0 Å². The lowest BCUT2D eigenvalue weighted by molar-refractivity contribution is -0.143. The molecule has 0 unspecified atom stereocenters. The summed E-state index contributed by atoms with van der Waals surface area (Å²) >= 11 is 0. The molecule has 2 N–H and O–H groups in total. The van der Waals surface area contributed by atoms with Crippen molar-refractivity contribution in [3.8, 4) is 0 Å². The quantitative estimate of drug-likeness (QED) is 0.527. The topological polar surface area (TPSA) is 130 Å². The molecule has 0 atom stereocenters. The van der Waals surface area contributed by atoms with Crippen molar-refractivity contribution < 1.29 is 14.7 Å². The van der Waals surface area contributed by atoms with Gasteiger partial charge in [0.1, 0.15) is 11.5 Å². The molecular formula is C24H28N6O4. The van der Waals surface area contributed by atoms with E-state index >= 15 is 0 Å². The van der Waals surface area contributed by atoms with Crippen molar-refractivity contribution in [2.24, 2.45) is 5.92 Å². The predicted octanol–water partition coefficient (Wildman–Crippen LogP) is 3.32. The van der Waals surface area contributed by atoms with E-state index in [0.29, 0.717) is 48.1 Å². The molecular weight excluding hydrogens is 436 g/mol. The third-order valence-corrected chi connectivity index (χ3v) is 6.48. The lowest BCUT2D eigenvalue weighted by Gasteiger charge is -2.29. The van der Waals surface area contributed by atoms with Crippen LogP contribution < -0.4 is 15.8 Å². The first-order valence-corrected chi connectivity index (χ1v) is 11.2. The smallest absolute Gasteiger partial charge is 0.306 e. The average Bonchev–Trinajstić information content (AvgIpc) is 2.79. The van der Waals surface area contributed by atoms with Gasteiger partial charge in [0.2, 0.25) is 5.95 Å². The van der Waals surface area contributed by atoms with Crippen molar-refractivity contribution in [1.82, 2.24) is 19.5 Å². The van der Waals surface area contributed by atoms with Crippen LogP contribution in [0.15, 0.2) is 29.3 Å². The molecule has 0 aromatic carbocycles. The first kappa shape index (κ1) is 23.3. The van der Waals surface area contributed by atoms with Gasteiger partial charge in [-0.15, -0.1) is 0 Å². The highest BCUT2D eigenvalue weighted by atomic mass is 16.4. The monoisotopic (exact) mass is 464 g/mol. The fourth-order valence-electron chi connectivity index (χ4n) is 4.57. The van der Waals surface area contributed by atoms with Gasteiger partial charge in [-0.3, -0.25) is 19.0 Å². The minimum atomic E-state index is -0.814. The number of anilines is 3. The van der Waals surface area contributed by atoms with Crippen LogP contribution in [0.5, 0.6) is 0 Å². The second kappa shape index (κ2) is 9.20. The Labute approximate surface area is 196 Å². The highest BCUT2D eigenvalue weighted by Gasteiger charge is 2.30. The molecule has 1 saturated carbocycles. The van der Waals surface area contributed by atoms with Gasteiger partial charge in [-0.25, -0.2) is 9.97 Å². The van der Waals surface area contributed by atoms with Gasteiger partial charge in [0.15, 0.2) is 5.78 Å². The summed E-state index contributed by atoms with van der Waals surface area (Å²) < 4.78 is 1.56. The number of carboxylic acids is 1. The number of fused-ring (bicyclic) bond motifs is 1. The number of nitrogens with one attached hydrogen (secondary N) is 1. The van der Waals surface area contributed by atoms with E-state index in [4.69, 9.17) is 0 Å². The summed E-state index contributed by atoms with van der Waals surface area (Å²) in [5.41, 5.74) is 1.65. The number of pyridine rings is 2. The molecule has 0 bridgehead atoms. The zero-order chi connectivity index (χ0) is 24.6. The maximum absolute atomic E-state index is 13.5. The highest BCUT2D eigenvalue weighted by Crippen LogP contribution is 2.34. The Bertz CT molecular complexity index is 1310. The van der Waals surface area contributed by atoms with E-state index in [1.54, 1.807) is 23.9 Å². The van der Waals surface area contributed by atoms with Crippen LogP contribution >= 0.6 is 0 Å². The van der Waals surface area contributed by atoms with Crippen molar-refractivity contribution in [2.45, 2.75) is 45.6 Å². The Kier molecular flexibility index (Phi) is 6.32. The molecule has 3 aromatic rings.